The topological polar surface area (TPSA) is 75.6 Å². The Labute approximate surface area is 117 Å². The molecule has 2 rings (SSSR count). The lowest BCUT2D eigenvalue weighted by Crippen LogP contribution is -2.46. The van der Waals surface area contributed by atoms with E-state index in [1.165, 1.54) is 12.1 Å². The van der Waals surface area contributed by atoms with Crippen LogP contribution < -0.4 is 5.32 Å². The summed E-state index contributed by atoms with van der Waals surface area (Å²) in [5.74, 6) is -1.13. The number of methoxy groups -OCH3 is 1. The summed E-state index contributed by atoms with van der Waals surface area (Å²) in [5, 5.41) is 11.6. The van der Waals surface area contributed by atoms with Gasteiger partial charge in [0.25, 0.3) is 5.91 Å². The molecule has 1 aromatic carbocycles. The minimum Gasteiger partial charge on any atom is -0.478 e. The lowest BCUT2D eigenvalue weighted by Gasteiger charge is -2.34. The van der Waals surface area contributed by atoms with Crippen LogP contribution in [0.15, 0.2) is 24.3 Å². The number of ether oxygens (including phenoxy) is 1. The SMILES string of the molecule is COC1(C(=O)Nc2ccc(C(=O)O)cc2)CCCCC1. The summed E-state index contributed by atoms with van der Waals surface area (Å²) < 4.78 is 5.47. The summed E-state index contributed by atoms with van der Waals surface area (Å²) in [6.45, 7) is 0. The van der Waals surface area contributed by atoms with E-state index in [1.54, 1.807) is 19.2 Å². The van der Waals surface area contributed by atoms with E-state index in [2.05, 4.69) is 5.32 Å². The van der Waals surface area contributed by atoms with Crippen LogP contribution in [-0.4, -0.2) is 29.7 Å². The van der Waals surface area contributed by atoms with Crippen molar-refractivity contribution in [2.24, 2.45) is 0 Å². The minimum atomic E-state index is -0.983. The molecule has 5 nitrogen and oxygen atoms in total. The van der Waals surface area contributed by atoms with Crippen LogP contribution in [0.5, 0.6) is 0 Å². The Morgan fingerprint density at radius 2 is 1.75 bits per heavy atom. The molecule has 0 bridgehead atoms. The van der Waals surface area contributed by atoms with Gasteiger partial charge in [-0.2, -0.15) is 0 Å². The Morgan fingerprint density at radius 1 is 1.15 bits per heavy atom. The van der Waals surface area contributed by atoms with Crippen molar-refractivity contribution in [3.63, 3.8) is 0 Å². The fourth-order valence-electron chi connectivity index (χ4n) is 2.59. The standard InChI is InChI=1S/C15H19NO4/c1-20-15(9-3-2-4-10-15)14(19)16-12-7-5-11(6-8-12)13(17)18/h5-8H,2-4,9-10H2,1H3,(H,16,19)(H,17,18). The van der Waals surface area contributed by atoms with Crippen molar-refractivity contribution < 1.29 is 19.4 Å². The minimum absolute atomic E-state index is 0.150. The summed E-state index contributed by atoms with van der Waals surface area (Å²) in [6, 6.07) is 6.12. The molecule has 1 amide bonds. The molecule has 0 aromatic heterocycles. The van der Waals surface area contributed by atoms with E-state index in [4.69, 9.17) is 9.84 Å². The zero-order chi connectivity index (χ0) is 14.6. The lowest BCUT2D eigenvalue weighted by atomic mass is 9.84. The van der Waals surface area contributed by atoms with E-state index >= 15 is 0 Å². The van der Waals surface area contributed by atoms with E-state index in [-0.39, 0.29) is 11.5 Å². The summed E-state index contributed by atoms with van der Waals surface area (Å²) in [5.41, 5.74) is 0.0353. The van der Waals surface area contributed by atoms with E-state index in [0.717, 1.165) is 32.1 Å². The fourth-order valence-corrected chi connectivity index (χ4v) is 2.59. The van der Waals surface area contributed by atoms with E-state index in [1.807, 2.05) is 0 Å². The molecular formula is C15H19NO4. The van der Waals surface area contributed by atoms with Crippen LogP contribution in [0.2, 0.25) is 0 Å². The summed E-state index contributed by atoms with van der Waals surface area (Å²) in [7, 11) is 1.57. The molecule has 0 saturated heterocycles. The second-order valence-electron chi connectivity index (χ2n) is 5.10. The van der Waals surface area contributed by atoms with Gasteiger partial charge in [0, 0.05) is 12.8 Å². The van der Waals surface area contributed by atoms with Crippen molar-refractivity contribution in [2.75, 3.05) is 12.4 Å². The van der Waals surface area contributed by atoms with Crippen LogP contribution in [0.4, 0.5) is 5.69 Å². The molecule has 20 heavy (non-hydrogen) atoms. The predicted octanol–water partition coefficient (Wildman–Crippen LogP) is 2.67. The maximum absolute atomic E-state index is 12.4. The van der Waals surface area contributed by atoms with Gasteiger partial charge in [-0.3, -0.25) is 4.79 Å². The molecular weight excluding hydrogens is 258 g/mol. The highest BCUT2D eigenvalue weighted by molar-refractivity contribution is 5.98. The molecule has 1 saturated carbocycles. The van der Waals surface area contributed by atoms with Gasteiger partial charge < -0.3 is 15.2 Å². The molecule has 1 aliphatic rings. The Kier molecular flexibility index (Phi) is 4.39. The highest BCUT2D eigenvalue weighted by Gasteiger charge is 2.39. The lowest BCUT2D eigenvalue weighted by molar-refractivity contribution is -0.141. The molecule has 0 heterocycles. The van der Waals surface area contributed by atoms with Crippen molar-refractivity contribution in [3.8, 4) is 0 Å². The summed E-state index contributed by atoms with van der Waals surface area (Å²) in [6.07, 6.45) is 4.55. The number of anilines is 1. The van der Waals surface area contributed by atoms with Crippen molar-refractivity contribution in [1.82, 2.24) is 0 Å². The number of amides is 1. The van der Waals surface area contributed by atoms with E-state index < -0.39 is 11.6 Å². The first-order valence-electron chi connectivity index (χ1n) is 6.77. The monoisotopic (exact) mass is 277 g/mol. The Hall–Kier alpha value is -1.88. The molecule has 0 unspecified atom stereocenters. The average molecular weight is 277 g/mol. The van der Waals surface area contributed by atoms with Crippen molar-refractivity contribution in [3.05, 3.63) is 29.8 Å². The number of carboxylic acids is 1. The predicted molar refractivity (Wildman–Crippen MR) is 74.9 cm³/mol. The highest BCUT2D eigenvalue weighted by atomic mass is 16.5. The van der Waals surface area contributed by atoms with Crippen LogP contribution in [0.25, 0.3) is 0 Å². The number of aromatic carboxylic acids is 1. The number of hydrogen-bond acceptors (Lipinski definition) is 3. The molecule has 0 aliphatic heterocycles. The van der Waals surface area contributed by atoms with Gasteiger partial charge in [-0.05, 0) is 37.1 Å². The van der Waals surface area contributed by atoms with Gasteiger partial charge in [0.2, 0.25) is 0 Å². The van der Waals surface area contributed by atoms with Gasteiger partial charge in [-0.25, -0.2) is 4.79 Å². The normalized spacial score (nSPS) is 17.4. The number of carbonyl (C=O) groups excluding carboxylic acids is 1. The molecule has 108 valence electrons. The molecule has 1 aliphatic carbocycles. The van der Waals surface area contributed by atoms with Gasteiger partial charge in [0.1, 0.15) is 5.60 Å². The number of carboxylic acid groups (broad SMARTS) is 1. The number of nitrogens with one attached hydrogen (secondary N) is 1. The van der Waals surface area contributed by atoms with Crippen molar-refractivity contribution in [2.45, 2.75) is 37.7 Å². The molecule has 0 atom stereocenters. The second-order valence-corrected chi connectivity index (χ2v) is 5.10. The maximum atomic E-state index is 12.4. The summed E-state index contributed by atoms with van der Waals surface area (Å²) in [4.78, 5) is 23.2. The smallest absolute Gasteiger partial charge is 0.335 e. The third-order valence-corrected chi connectivity index (χ3v) is 3.86. The average Bonchev–Trinajstić information content (AvgIpc) is 2.48. The third kappa shape index (κ3) is 2.99. The third-order valence-electron chi connectivity index (χ3n) is 3.86. The number of carbonyl (C=O) groups is 2. The quantitative estimate of drug-likeness (QED) is 0.887. The van der Waals surface area contributed by atoms with Crippen molar-refractivity contribution >= 4 is 17.6 Å². The molecule has 2 N–H and O–H groups in total. The molecule has 1 fully saturated rings. The number of hydrogen-bond donors (Lipinski definition) is 2. The van der Waals surface area contributed by atoms with E-state index in [9.17, 15) is 9.59 Å². The van der Waals surface area contributed by atoms with Gasteiger partial charge in [-0.15, -0.1) is 0 Å². The molecule has 5 heteroatoms. The van der Waals surface area contributed by atoms with Gasteiger partial charge in [0.15, 0.2) is 0 Å². The molecule has 1 aromatic rings. The van der Waals surface area contributed by atoms with Crippen LogP contribution in [-0.2, 0) is 9.53 Å². The van der Waals surface area contributed by atoms with Crippen LogP contribution >= 0.6 is 0 Å². The Balaban J connectivity index is 2.08. The van der Waals surface area contributed by atoms with Gasteiger partial charge >= 0.3 is 5.97 Å². The maximum Gasteiger partial charge on any atom is 0.335 e. The summed E-state index contributed by atoms with van der Waals surface area (Å²) >= 11 is 0. The Bertz CT molecular complexity index is 489. The first-order chi connectivity index (χ1) is 9.57. The first kappa shape index (κ1) is 14.5. The highest BCUT2D eigenvalue weighted by Crippen LogP contribution is 2.32. The van der Waals surface area contributed by atoms with Crippen LogP contribution in [0.1, 0.15) is 42.5 Å². The fraction of sp³-hybridized carbons (Fsp3) is 0.467. The van der Waals surface area contributed by atoms with Crippen LogP contribution in [0.3, 0.4) is 0 Å². The largest absolute Gasteiger partial charge is 0.478 e. The second kappa shape index (κ2) is 6.05. The number of benzene rings is 1. The Morgan fingerprint density at radius 3 is 2.25 bits per heavy atom. The van der Waals surface area contributed by atoms with Crippen molar-refractivity contribution in [1.29, 1.82) is 0 Å². The zero-order valence-corrected chi connectivity index (χ0v) is 11.5. The molecule has 0 radical (unpaired) electrons. The first-order valence-corrected chi connectivity index (χ1v) is 6.77. The zero-order valence-electron chi connectivity index (χ0n) is 11.5. The van der Waals surface area contributed by atoms with Crippen LogP contribution in [0, 0.1) is 0 Å². The van der Waals surface area contributed by atoms with Gasteiger partial charge in [0.05, 0.1) is 5.56 Å². The van der Waals surface area contributed by atoms with E-state index in [0.29, 0.717) is 5.69 Å². The number of rotatable bonds is 4. The van der Waals surface area contributed by atoms with Gasteiger partial charge in [-0.1, -0.05) is 19.3 Å². The molecule has 0 spiro atoms.